The Hall–Kier alpha value is -1.05. The molecule has 7 heteroatoms. The standard InChI is InChI=1S/C9H11N2O3S2/c1-14-16(12,13)7-5-11-4-2-9-8(10-11)3-6-15-9/h2-4,6H,5,7H2,1H3/q+1. The van der Waals surface area contributed by atoms with Crippen molar-refractivity contribution in [2.24, 2.45) is 0 Å². The van der Waals surface area contributed by atoms with E-state index < -0.39 is 10.1 Å². The van der Waals surface area contributed by atoms with Gasteiger partial charge in [-0.15, -0.1) is 11.3 Å². The van der Waals surface area contributed by atoms with E-state index in [0.29, 0.717) is 6.54 Å². The highest BCUT2D eigenvalue weighted by atomic mass is 32.2. The van der Waals surface area contributed by atoms with Gasteiger partial charge in [0.15, 0.2) is 12.7 Å². The molecule has 0 spiro atoms. The molecule has 0 aliphatic rings. The third-order valence-corrected chi connectivity index (χ3v) is 4.19. The first-order valence-electron chi connectivity index (χ1n) is 4.63. The van der Waals surface area contributed by atoms with Crippen molar-refractivity contribution in [3.05, 3.63) is 23.7 Å². The Morgan fingerprint density at radius 1 is 1.50 bits per heavy atom. The van der Waals surface area contributed by atoms with Crippen LogP contribution in [0.4, 0.5) is 0 Å². The van der Waals surface area contributed by atoms with Crippen molar-refractivity contribution in [2.45, 2.75) is 6.54 Å². The fraction of sp³-hybridized carbons (Fsp3) is 0.333. The summed E-state index contributed by atoms with van der Waals surface area (Å²) in [6.07, 6.45) is 1.77. The van der Waals surface area contributed by atoms with Gasteiger partial charge in [-0.1, -0.05) is 4.68 Å². The zero-order valence-electron chi connectivity index (χ0n) is 8.66. The van der Waals surface area contributed by atoms with Crippen LogP contribution < -0.4 is 4.68 Å². The van der Waals surface area contributed by atoms with Crippen LogP contribution in [0.1, 0.15) is 0 Å². The number of hydrogen-bond acceptors (Lipinski definition) is 5. The average Bonchev–Trinajstić information content (AvgIpc) is 2.73. The van der Waals surface area contributed by atoms with Crippen LogP contribution in [0.2, 0.25) is 0 Å². The van der Waals surface area contributed by atoms with Crippen molar-refractivity contribution in [2.75, 3.05) is 12.9 Å². The third kappa shape index (κ3) is 2.55. The van der Waals surface area contributed by atoms with Crippen molar-refractivity contribution in [3.63, 3.8) is 0 Å². The number of nitrogens with zero attached hydrogens (tertiary/aromatic N) is 2. The van der Waals surface area contributed by atoms with Crippen LogP contribution in [0.25, 0.3) is 10.2 Å². The molecule has 0 aromatic carbocycles. The summed E-state index contributed by atoms with van der Waals surface area (Å²) < 4.78 is 29.3. The van der Waals surface area contributed by atoms with Crippen molar-refractivity contribution >= 4 is 31.7 Å². The van der Waals surface area contributed by atoms with Gasteiger partial charge in [0.2, 0.25) is 0 Å². The van der Waals surface area contributed by atoms with E-state index in [1.54, 1.807) is 22.2 Å². The molecule has 0 unspecified atom stereocenters. The maximum absolute atomic E-state index is 11.1. The second-order valence-electron chi connectivity index (χ2n) is 3.18. The second kappa shape index (κ2) is 4.44. The molecule has 2 aromatic heterocycles. The van der Waals surface area contributed by atoms with Crippen LogP contribution in [0.5, 0.6) is 0 Å². The fourth-order valence-electron chi connectivity index (χ4n) is 1.26. The monoisotopic (exact) mass is 259 g/mol. The summed E-state index contributed by atoms with van der Waals surface area (Å²) in [4.78, 5) is 0. The van der Waals surface area contributed by atoms with Crippen LogP contribution in [-0.4, -0.2) is 26.4 Å². The summed E-state index contributed by atoms with van der Waals surface area (Å²) in [5.41, 5.74) is 0.877. The molecular weight excluding hydrogens is 248 g/mol. The summed E-state index contributed by atoms with van der Waals surface area (Å²) in [5.74, 6) is -0.0726. The maximum Gasteiger partial charge on any atom is 0.273 e. The Morgan fingerprint density at radius 3 is 3.06 bits per heavy atom. The molecule has 0 radical (unpaired) electrons. The minimum absolute atomic E-state index is 0.0726. The van der Waals surface area contributed by atoms with Gasteiger partial charge in [0.25, 0.3) is 10.1 Å². The SMILES string of the molecule is COS(=O)(=O)CC[n+]1ccc2sccc2n1. The van der Waals surface area contributed by atoms with Crippen LogP contribution in [0, 0.1) is 0 Å². The van der Waals surface area contributed by atoms with Crippen LogP contribution in [-0.2, 0) is 20.8 Å². The molecule has 2 rings (SSSR count). The van der Waals surface area contributed by atoms with E-state index in [1.807, 2.05) is 17.5 Å². The van der Waals surface area contributed by atoms with Gasteiger partial charge in [-0.2, -0.15) is 8.42 Å². The molecule has 0 fully saturated rings. The molecular formula is C9H11N2O3S2+. The molecule has 2 aromatic rings. The van der Waals surface area contributed by atoms with Gasteiger partial charge in [0.05, 0.1) is 11.8 Å². The summed E-state index contributed by atoms with van der Waals surface area (Å²) >= 11 is 1.61. The fourth-order valence-corrected chi connectivity index (χ4v) is 2.55. The largest absolute Gasteiger partial charge is 0.273 e. The lowest BCUT2D eigenvalue weighted by Gasteiger charge is -1.96. The van der Waals surface area contributed by atoms with Gasteiger partial charge in [-0.05, 0) is 11.4 Å². The Morgan fingerprint density at radius 2 is 2.31 bits per heavy atom. The minimum Gasteiger partial charge on any atom is -0.273 e. The summed E-state index contributed by atoms with van der Waals surface area (Å²) in [6.45, 7) is 0.294. The first-order chi connectivity index (χ1) is 7.61. The van der Waals surface area contributed by atoms with Gasteiger partial charge in [-0.3, -0.25) is 4.18 Å². The molecule has 86 valence electrons. The first-order valence-corrected chi connectivity index (χ1v) is 7.09. The van der Waals surface area contributed by atoms with Crippen molar-refractivity contribution in [1.82, 2.24) is 5.10 Å². The maximum atomic E-state index is 11.1. The predicted molar refractivity (Wildman–Crippen MR) is 60.6 cm³/mol. The molecule has 0 N–H and O–H groups in total. The number of aromatic nitrogens is 2. The molecule has 0 aliphatic carbocycles. The Bertz CT molecular complexity index is 592. The van der Waals surface area contributed by atoms with Crippen molar-refractivity contribution in [3.8, 4) is 0 Å². The van der Waals surface area contributed by atoms with E-state index >= 15 is 0 Å². The quantitative estimate of drug-likeness (QED) is 0.594. The summed E-state index contributed by atoms with van der Waals surface area (Å²) in [7, 11) is -2.25. The number of rotatable bonds is 4. The topological polar surface area (TPSA) is 60.1 Å². The third-order valence-electron chi connectivity index (χ3n) is 2.13. The van der Waals surface area contributed by atoms with Gasteiger partial charge in [0, 0.05) is 11.2 Å². The number of thiophene rings is 1. The molecule has 0 saturated heterocycles. The second-order valence-corrected chi connectivity index (χ2v) is 5.98. The molecule has 0 bridgehead atoms. The van der Waals surface area contributed by atoms with E-state index in [9.17, 15) is 8.42 Å². The zero-order chi connectivity index (χ0) is 11.6. The highest BCUT2D eigenvalue weighted by molar-refractivity contribution is 7.86. The van der Waals surface area contributed by atoms with E-state index in [-0.39, 0.29) is 5.75 Å². The summed E-state index contributed by atoms with van der Waals surface area (Å²) in [5, 5.41) is 6.23. The zero-order valence-corrected chi connectivity index (χ0v) is 10.3. The smallest absolute Gasteiger partial charge is 0.273 e. The molecule has 0 amide bonds. The molecule has 0 aliphatic heterocycles. The van der Waals surface area contributed by atoms with Crippen molar-refractivity contribution < 1.29 is 17.3 Å². The van der Waals surface area contributed by atoms with Gasteiger partial charge < -0.3 is 0 Å². The van der Waals surface area contributed by atoms with Crippen molar-refractivity contribution in [1.29, 1.82) is 0 Å². The minimum atomic E-state index is -3.42. The van der Waals surface area contributed by atoms with Gasteiger partial charge in [0.1, 0.15) is 11.3 Å². The molecule has 5 nitrogen and oxygen atoms in total. The van der Waals surface area contributed by atoms with Gasteiger partial charge >= 0.3 is 0 Å². The molecule has 16 heavy (non-hydrogen) atoms. The Kier molecular flexibility index (Phi) is 3.17. The lowest BCUT2D eigenvalue weighted by atomic mass is 10.4. The van der Waals surface area contributed by atoms with E-state index in [4.69, 9.17) is 0 Å². The van der Waals surface area contributed by atoms with Crippen LogP contribution in [0.15, 0.2) is 23.7 Å². The number of hydrogen-bond donors (Lipinski definition) is 0. The Labute approximate surface area is 97.4 Å². The van der Waals surface area contributed by atoms with Gasteiger partial charge in [-0.25, -0.2) is 0 Å². The van der Waals surface area contributed by atoms with Crippen LogP contribution >= 0.6 is 11.3 Å². The highest BCUT2D eigenvalue weighted by Crippen LogP contribution is 2.15. The molecule has 0 saturated carbocycles. The van der Waals surface area contributed by atoms with E-state index in [0.717, 1.165) is 17.3 Å². The number of fused-ring (bicyclic) bond motifs is 1. The lowest BCUT2D eigenvalue weighted by molar-refractivity contribution is -0.747. The van der Waals surface area contributed by atoms with E-state index in [2.05, 4.69) is 9.28 Å². The number of aryl methyl sites for hydroxylation is 1. The molecule has 2 heterocycles. The summed E-state index contributed by atoms with van der Waals surface area (Å²) in [6, 6.07) is 3.83. The van der Waals surface area contributed by atoms with E-state index in [1.165, 1.54) is 0 Å². The van der Waals surface area contributed by atoms with Crippen LogP contribution in [0.3, 0.4) is 0 Å². The molecule has 0 atom stereocenters. The highest BCUT2D eigenvalue weighted by Gasteiger charge is 2.14. The Balaban J connectivity index is 2.15. The normalized spacial score (nSPS) is 12.1. The predicted octanol–water partition coefficient (Wildman–Crippen LogP) is 0.560. The lowest BCUT2D eigenvalue weighted by Crippen LogP contribution is -2.40. The first kappa shape index (κ1) is 11.4. The average molecular weight is 259 g/mol.